The summed E-state index contributed by atoms with van der Waals surface area (Å²) < 4.78 is 0. The second-order valence-corrected chi connectivity index (χ2v) is 3.99. The van der Waals surface area contributed by atoms with E-state index in [0.29, 0.717) is 6.42 Å². The van der Waals surface area contributed by atoms with Crippen LogP contribution in [0.25, 0.3) is 21.8 Å². The van der Waals surface area contributed by atoms with Gasteiger partial charge in [-0.25, -0.2) is 4.98 Å². The average molecular weight is 220 g/mol. The van der Waals surface area contributed by atoms with E-state index < -0.39 is 0 Å². The number of aromatic nitrogens is 1. The number of benzene rings is 2. The second kappa shape index (κ2) is 3.98. The molecule has 0 bridgehead atoms. The number of fused-ring (bicyclic) bond motifs is 2. The molecule has 0 N–H and O–H groups in total. The van der Waals surface area contributed by atoms with Crippen molar-refractivity contribution >= 4 is 28.1 Å². The third kappa shape index (κ3) is 1.68. The Labute approximate surface area is 98.9 Å². The first-order valence-electron chi connectivity index (χ1n) is 5.51. The maximum absolute atomic E-state index is 10.5. The molecule has 0 saturated heterocycles. The maximum Gasteiger partial charge on any atom is 0.203 e. The maximum atomic E-state index is 10.5. The van der Waals surface area contributed by atoms with Gasteiger partial charge in [-0.15, -0.1) is 0 Å². The van der Waals surface area contributed by atoms with Gasteiger partial charge in [0.25, 0.3) is 0 Å². The quantitative estimate of drug-likeness (QED) is 0.621. The third-order valence-electron chi connectivity index (χ3n) is 2.91. The van der Waals surface area contributed by atoms with Crippen molar-refractivity contribution in [3.05, 3.63) is 54.1 Å². The predicted molar refractivity (Wildman–Crippen MR) is 68.6 cm³/mol. The topological polar surface area (TPSA) is 30.0 Å². The Morgan fingerprint density at radius 2 is 1.82 bits per heavy atom. The van der Waals surface area contributed by atoms with Crippen LogP contribution in [0.3, 0.4) is 0 Å². The zero-order chi connectivity index (χ0) is 11.7. The first-order valence-corrected chi connectivity index (χ1v) is 5.51. The van der Waals surface area contributed by atoms with Gasteiger partial charge in [-0.1, -0.05) is 30.3 Å². The van der Waals surface area contributed by atoms with E-state index in [1.165, 1.54) is 0 Å². The van der Waals surface area contributed by atoms with Crippen LogP contribution in [0.15, 0.2) is 48.5 Å². The molecular formula is C15H10NO. The number of nitrogens with zero attached hydrogens (tertiary/aromatic N) is 1. The van der Waals surface area contributed by atoms with Gasteiger partial charge < -0.3 is 0 Å². The van der Waals surface area contributed by atoms with Crippen molar-refractivity contribution in [1.29, 1.82) is 0 Å². The highest BCUT2D eigenvalue weighted by Crippen LogP contribution is 2.22. The Bertz CT molecular complexity index is 703. The third-order valence-corrected chi connectivity index (χ3v) is 2.91. The van der Waals surface area contributed by atoms with Crippen LogP contribution in [0, 0.1) is 0 Å². The van der Waals surface area contributed by atoms with Crippen molar-refractivity contribution in [2.24, 2.45) is 0 Å². The van der Waals surface area contributed by atoms with Crippen molar-refractivity contribution in [2.45, 2.75) is 6.42 Å². The lowest BCUT2D eigenvalue weighted by Crippen LogP contribution is -1.90. The standard InChI is InChI=1S/C15H10NO/c17-9-8-11-5-3-7-15-13(11)10-12-4-1-2-6-14(12)16-15/h1-7,10H,8H2. The molecule has 3 rings (SSSR count). The SMILES string of the molecule is O=[C]Cc1cccc2nc3ccccc3cc12. The average Bonchev–Trinajstić information content (AvgIpc) is 2.37. The zero-order valence-electron chi connectivity index (χ0n) is 9.18. The summed E-state index contributed by atoms with van der Waals surface area (Å²) >= 11 is 0. The minimum absolute atomic E-state index is 0.317. The molecule has 1 aromatic heterocycles. The van der Waals surface area contributed by atoms with Crippen molar-refractivity contribution in [1.82, 2.24) is 4.98 Å². The van der Waals surface area contributed by atoms with Crippen molar-refractivity contribution in [2.75, 3.05) is 0 Å². The lowest BCUT2D eigenvalue weighted by Gasteiger charge is -2.04. The van der Waals surface area contributed by atoms with E-state index in [-0.39, 0.29) is 0 Å². The molecule has 0 aliphatic heterocycles. The molecule has 0 unspecified atom stereocenters. The molecule has 0 fully saturated rings. The Morgan fingerprint density at radius 3 is 2.71 bits per heavy atom. The molecule has 1 heterocycles. The molecule has 0 amide bonds. The monoisotopic (exact) mass is 220 g/mol. The van der Waals surface area contributed by atoms with Crippen LogP contribution < -0.4 is 0 Å². The van der Waals surface area contributed by atoms with Crippen LogP contribution in [0.5, 0.6) is 0 Å². The first-order chi connectivity index (χ1) is 8.38. The van der Waals surface area contributed by atoms with Gasteiger partial charge in [0, 0.05) is 17.2 Å². The number of carbonyl (C=O) groups excluding carboxylic acids is 1. The molecule has 2 nitrogen and oxygen atoms in total. The highest BCUT2D eigenvalue weighted by Gasteiger charge is 2.03. The molecule has 3 aromatic rings. The van der Waals surface area contributed by atoms with E-state index >= 15 is 0 Å². The number of hydrogen-bond donors (Lipinski definition) is 0. The van der Waals surface area contributed by atoms with E-state index in [4.69, 9.17) is 0 Å². The summed E-state index contributed by atoms with van der Waals surface area (Å²) in [6.07, 6.45) is 2.26. The number of rotatable bonds is 2. The summed E-state index contributed by atoms with van der Waals surface area (Å²) in [5.74, 6) is 0. The van der Waals surface area contributed by atoms with Crippen LogP contribution >= 0.6 is 0 Å². The van der Waals surface area contributed by atoms with Gasteiger partial charge in [0.1, 0.15) is 0 Å². The van der Waals surface area contributed by atoms with Gasteiger partial charge in [0.05, 0.1) is 11.0 Å². The fourth-order valence-electron chi connectivity index (χ4n) is 2.09. The molecule has 17 heavy (non-hydrogen) atoms. The van der Waals surface area contributed by atoms with Gasteiger partial charge >= 0.3 is 0 Å². The van der Waals surface area contributed by atoms with E-state index in [1.54, 1.807) is 0 Å². The van der Waals surface area contributed by atoms with Crippen molar-refractivity contribution in [3.63, 3.8) is 0 Å². The molecule has 1 radical (unpaired) electrons. The fourth-order valence-corrected chi connectivity index (χ4v) is 2.09. The van der Waals surface area contributed by atoms with E-state index in [0.717, 1.165) is 27.4 Å². The number of pyridine rings is 1. The van der Waals surface area contributed by atoms with Gasteiger partial charge in [-0.2, -0.15) is 0 Å². The van der Waals surface area contributed by atoms with Crippen LogP contribution in [-0.4, -0.2) is 11.3 Å². The molecule has 0 aliphatic rings. The molecule has 2 aromatic carbocycles. The minimum Gasteiger partial charge on any atom is -0.291 e. The Balaban J connectivity index is 2.39. The number of hydrogen-bond acceptors (Lipinski definition) is 2. The summed E-state index contributed by atoms with van der Waals surface area (Å²) in [5.41, 5.74) is 2.89. The molecule has 0 saturated carbocycles. The molecule has 0 aliphatic carbocycles. The highest BCUT2D eigenvalue weighted by molar-refractivity contribution is 5.95. The Morgan fingerprint density at radius 1 is 1.00 bits per heavy atom. The normalized spacial score (nSPS) is 10.8. The van der Waals surface area contributed by atoms with E-state index in [2.05, 4.69) is 11.1 Å². The predicted octanol–water partition coefficient (Wildman–Crippen LogP) is 3.04. The lowest BCUT2D eigenvalue weighted by atomic mass is 10.0. The van der Waals surface area contributed by atoms with Crippen LogP contribution in [0.2, 0.25) is 0 Å². The minimum atomic E-state index is 0.317. The largest absolute Gasteiger partial charge is 0.291 e. The van der Waals surface area contributed by atoms with Crippen LogP contribution in [0.4, 0.5) is 0 Å². The summed E-state index contributed by atoms with van der Waals surface area (Å²) in [6.45, 7) is 0. The van der Waals surface area contributed by atoms with Crippen LogP contribution in [-0.2, 0) is 11.2 Å². The van der Waals surface area contributed by atoms with Gasteiger partial charge in [-0.3, -0.25) is 4.79 Å². The fraction of sp³-hybridized carbons (Fsp3) is 0.0667. The zero-order valence-corrected chi connectivity index (χ0v) is 9.18. The molecule has 2 heteroatoms. The van der Waals surface area contributed by atoms with Gasteiger partial charge in [0.15, 0.2) is 0 Å². The van der Waals surface area contributed by atoms with Crippen LogP contribution in [0.1, 0.15) is 5.56 Å². The molecule has 0 atom stereocenters. The van der Waals surface area contributed by atoms with Gasteiger partial charge in [-0.05, 0) is 23.8 Å². The summed E-state index contributed by atoms with van der Waals surface area (Å²) in [7, 11) is 0. The Hall–Kier alpha value is -2.22. The first kappa shape index (κ1) is 9.97. The molecular weight excluding hydrogens is 210 g/mol. The molecule has 81 valence electrons. The number of para-hydroxylation sites is 1. The summed E-state index contributed by atoms with van der Waals surface area (Å²) in [5, 5.41) is 2.13. The highest BCUT2D eigenvalue weighted by atomic mass is 16.1. The van der Waals surface area contributed by atoms with E-state index in [1.807, 2.05) is 48.8 Å². The Kier molecular flexibility index (Phi) is 2.33. The second-order valence-electron chi connectivity index (χ2n) is 3.99. The van der Waals surface area contributed by atoms with E-state index in [9.17, 15) is 4.79 Å². The summed E-state index contributed by atoms with van der Waals surface area (Å²) in [6, 6.07) is 15.9. The molecule has 0 spiro atoms. The summed E-state index contributed by atoms with van der Waals surface area (Å²) in [4.78, 5) is 15.1. The van der Waals surface area contributed by atoms with Crippen molar-refractivity contribution in [3.8, 4) is 0 Å². The van der Waals surface area contributed by atoms with Crippen molar-refractivity contribution < 1.29 is 4.79 Å². The smallest absolute Gasteiger partial charge is 0.203 e. The van der Waals surface area contributed by atoms with Gasteiger partial charge in [0.2, 0.25) is 6.29 Å². The lowest BCUT2D eigenvalue weighted by molar-refractivity contribution is 0.555.